The fraction of sp³-hybridized carbons (Fsp3) is 0.667. The number of aryl methyl sites for hydroxylation is 1. The number of carbonyl (C=O) groups is 4. The van der Waals surface area contributed by atoms with E-state index in [1.54, 1.807) is 11.2 Å². The van der Waals surface area contributed by atoms with Crippen LogP contribution in [0.25, 0.3) is 0 Å². The molecule has 4 rings (SSSR count). The van der Waals surface area contributed by atoms with Crippen molar-refractivity contribution >= 4 is 23.6 Å². The van der Waals surface area contributed by atoms with Gasteiger partial charge in [-0.05, 0) is 38.5 Å². The molecule has 2 saturated heterocycles. The van der Waals surface area contributed by atoms with E-state index in [0.717, 1.165) is 32.2 Å². The molecule has 0 aromatic carbocycles. The van der Waals surface area contributed by atoms with E-state index >= 15 is 0 Å². The Morgan fingerprint density at radius 2 is 1.97 bits per heavy atom. The maximum absolute atomic E-state index is 13.5. The highest BCUT2D eigenvalue weighted by Crippen LogP contribution is 2.20. The predicted octanol–water partition coefficient (Wildman–Crippen LogP) is -0.520. The molecule has 0 spiro atoms. The molecule has 4 amide bonds. The molecule has 0 radical (unpaired) electrons. The van der Waals surface area contributed by atoms with Crippen molar-refractivity contribution in [3.8, 4) is 0 Å². The SMILES string of the molecule is O=C1CCC(C(=O)NC2Cc3cn(cn3)CCCCCNC(=O)C3CCCN3C2=O)N1. The molecule has 2 fully saturated rings. The van der Waals surface area contributed by atoms with Crippen LogP contribution in [0.1, 0.15) is 50.6 Å². The summed E-state index contributed by atoms with van der Waals surface area (Å²) in [5.74, 6) is -0.943. The second-order valence-electron chi connectivity index (χ2n) is 8.57. The number of amides is 4. The first kappa shape index (κ1) is 21.3. The third kappa shape index (κ3) is 5.05. The molecule has 2 bridgehead atoms. The largest absolute Gasteiger partial charge is 0.354 e. The summed E-state index contributed by atoms with van der Waals surface area (Å²) in [6.07, 6.45) is 8.83. The van der Waals surface area contributed by atoms with Gasteiger partial charge in [0.25, 0.3) is 0 Å². The van der Waals surface area contributed by atoms with Crippen molar-refractivity contribution in [2.24, 2.45) is 0 Å². The smallest absolute Gasteiger partial charge is 0.246 e. The molecule has 3 aliphatic heterocycles. The fourth-order valence-corrected chi connectivity index (χ4v) is 4.56. The van der Waals surface area contributed by atoms with Gasteiger partial charge in [-0.1, -0.05) is 0 Å². The molecular formula is C21H30N6O4. The van der Waals surface area contributed by atoms with Crippen LogP contribution in [-0.2, 0) is 32.1 Å². The van der Waals surface area contributed by atoms with Crippen LogP contribution < -0.4 is 16.0 Å². The lowest BCUT2D eigenvalue weighted by molar-refractivity contribution is -0.141. The van der Waals surface area contributed by atoms with E-state index in [9.17, 15) is 19.2 Å². The molecule has 10 heteroatoms. The summed E-state index contributed by atoms with van der Waals surface area (Å²) in [5.41, 5.74) is 0.712. The molecule has 4 heterocycles. The number of rotatable bonds is 2. The van der Waals surface area contributed by atoms with Crippen LogP contribution in [-0.4, -0.2) is 69.3 Å². The summed E-state index contributed by atoms with van der Waals surface area (Å²) >= 11 is 0. The molecule has 0 saturated carbocycles. The van der Waals surface area contributed by atoms with E-state index in [2.05, 4.69) is 20.9 Å². The summed E-state index contributed by atoms with van der Waals surface area (Å²) in [4.78, 5) is 56.4. The number of hydrogen-bond donors (Lipinski definition) is 3. The summed E-state index contributed by atoms with van der Waals surface area (Å²) in [5, 5.41) is 8.43. The summed E-state index contributed by atoms with van der Waals surface area (Å²) in [7, 11) is 0. The van der Waals surface area contributed by atoms with Crippen LogP contribution in [0.15, 0.2) is 12.5 Å². The maximum atomic E-state index is 13.5. The molecule has 0 aliphatic carbocycles. The summed E-state index contributed by atoms with van der Waals surface area (Å²) in [6, 6.07) is -1.99. The molecule has 3 N–H and O–H groups in total. The first-order chi connectivity index (χ1) is 15.0. The third-order valence-electron chi connectivity index (χ3n) is 6.26. The fourth-order valence-electron chi connectivity index (χ4n) is 4.56. The van der Waals surface area contributed by atoms with Gasteiger partial charge in [-0.2, -0.15) is 0 Å². The number of imidazole rings is 1. The minimum absolute atomic E-state index is 0.128. The van der Waals surface area contributed by atoms with E-state index in [0.29, 0.717) is 38.0 Å². The van der Waals surface area contributed by atoms with Crippen LogP contribution in [0.5, 0.6) is 0 Å². The quantitative estimate of drug-likeness (QED) is 0.582. The number of fused-ring (bicyclic) bond motifs is 3. The molecule has 3 atom stereocenters. The van der Waals surface area contributed by atoms with Crippen LogP contribution in [0.4, 0.5) is 0 Å². The molecule has 3 aliphatic rings. The molecule has 1 aromatic heterocycles. The Labute approximate surface area is 181 Å². The van der Waals surface area contributed by atoms with Gasteiger partial charge in [0.1, 0.15) is 18.1 Å². The van der Waals surface area contributed by atoms with E-state index in [1.165, 1.54) is 0 Å². The number of aromatic nitrogens is 2. The Balaban J connectivity index is 1.56. The molecular weight excluding hydrogens is 400 g/mol. The molecule has 3 unspecified atom stereocenters. The highest BCUT2D eigenvalue weighted by Gasteiger charge is 2.39. The molecule has 168 valence electrons. The first-order valence-corrected chi connectivity index (χ1v) is 11.2. The zero-order valence-corrected chi connectivity index (χ0v) is 17.6. The lowest BCUT2D eigenvalue weighted by Crippen LogP contribution is -2.56. The Hall–Kier alpha value is -2.91. The van der Waals surface area contributed by atoms with Gasteiger partial charge in [-0.15, -0.1) is 0 Å². The summed E-state index contributed by atoms with van der Waals surface area (Å²) in [6.45, 7) is 1.89. The molecule has 31 heavy (non-hydrogen) atoms. The van der Waals surface area contributed by atoms with Crippen LogP contribution in [0.3, 0.4) is 0 Å². The lowest BCUT2D eigenvalue weighted by Gasteiger charge is -2.29. The van der Waals surface area contributed by atoms with Gasteiger partial charge >= 0.3 is 0 Å². The maximum Gasteiger partial charge on any atom is 0.246 e. The normalized spacial score (nSPS) is 27.7. The molecule has 10 nitrogen and oxygen atoms in total. The van der Waals surface area contributed by atoms with Gasteiger partial charge in [-0.25, -0.2) is 4.98 Å². The number of nitrogens with one attached hydrogen (secondary N) is 3. The van der Waals surface area contributed by atoms with Crippen LogP contribution in [0.2, 0.25) is 0 Å². The molecule has 1 aromatic rings. The van der Waals surface area contributed by atoms with Gasteiger partial charge < -0.3 is 25.4 Å². The van der Waals surface area contributed by atoms with E-state index < -0.39 is 18.1 Å². The zero-order chi connectivity index (χ0) is 21.8. The predicted molar refractivity (Wildman–Crippen MR) is 111 cm³/mol. The average Bonchev–Trinajstić information content (AvgIpc) is 3.49. The first-order valence-electron chi connectivity index (χ1n) is 11.2. The third-order valence-corrected chi connectivity index (χ3v) is 6.26. The zero-order valence-electron chi connectivity index (χ0n) is 17.6. The standard InChI is InChI=1S/C21H30N6O4/c28-18-7-6-15(24-18)19(29)25-16-11-14-12-26(13-23-14)9-3-1-2-8-22-20(30)17-5-4-10-27(17)21(16)31/h12-13,15-17H,1-11H2,(H,22,30)(H,24,28)(H,25,29). The number of hydrogen-bond acceptors (Lipinski definition) is 5. The monoisotopic (exact) mass is 430 g/mol. The van der Waals surface area contributed by atoms with Crippen molar-refractivity contribution in [2.45, 2.75) is 76.0 Å². The van der Waals surface area contributed by atoms with Crippen molar-refractivity contribution < 1.29 is 19.2 Å². The van der Waals surface area contributed by atoms with Gasteiger partial charge in [0.05, 0.1) is 12.0 Å². The lowest BCUT2D eigenvalue weighted by atomic mass is 10.1. The van der Waals surface area contributed by atoms with E-state index in [-0.39, 0.29) is 30.0 Å². The van der Waals surface area contributed by atoms with Gasteiger partial charge in [0, 0.05) is 38.7 Å². The average molecular weight is 431 g/mol. The highest BCUT2D eigenvalue weighted by molar-refractivity contribution is 5.95. The van der Waals surface area contributed by atoms with Gasteiger partial charge in [0.15, 0.2) is 0 Å². The number of carbonyl (C=O) groups excluding carboxylic acids is 4. The van der Waals surface area contributed by atoms with E-state index in [4.69, 9.17) is 0 Å². The van der Waals surface area contributed by atoms with Crippen molar-refractivity contribution in [3.63, 3.8) is 0 Å². The van der Waals surface area contributed by atoms with Gasteiger partial charge in [-0.3, -0.25) is 19.2 Å². The minimum Gasteiger partial charge on any atom is -0.354 e. The Bertz CT molecular complexity index is 853. The van der Waals surface area contributed by atoms with Crippen molar-refractivity contribution in [2.75, 3.05) is 13.1 Å². The Morgan fingerprint density at radius 3 is 2.77 bits per heavy atom. The van der Waals surface area contributed by atoms with Gasteiger partial charge in [0.2, 0.25) is 23.6 Å². The van der Waals surface area contributed by atoms with Crippen LogP contribution in [0, 0.1) is 0 Å². The van der Waals surface area contributed by atoms with Crippen molar-refractivity contribution in [1.82, 2.24) is 30.4 Å². The van der Waals surface area contributed by atoms with Crippen LogP contribution >= 0.6 is 0 Å². The topological polar surface area (TPSA) is 125 Å². The second kappa shape index (κ2) is 9.49. The van der Waals surface area contributed by atoms with Crippen molar-refractivity contribution in [1.29, 1.82) is 0 Å². The van der Waals surface area contributed by atoms with E-state index in [1.807, 2.05) is 10.8 Å². The van der Waals surface area contributed by atoms with Crippen molar-refractivity contribution in [3.05, 3.63) is 18.2 Å². The Kier molecular flexibility index (Phi) is 6.53. The Morgan fingerprint density at radius 1 is 1.10 bits per heavy atom. The highest BCUT2D eigenvalue weighted by atomic mass is 16.2. The minimum atomic E-state index is -0.841. The number of nitrogens with zero attached hydrogens (tertiary/aromatic N) is 3. The second-order valence-corrected chi connectivity index (χ2v) is 8.57. The summed E-state index contributed by atoms with van der Waals surface area (Å²) < 4.78 is 1.99.